The Kier molecular flexibility index (Phi) is 6.60. The van der Waals surface area contributed by atoms with Crippen molar-refractivity contribution in [3.05, 3.63) is 52.1 Å². The number of ether oxygens (including phenoxy) is 2. The van der Waals surface area contributed by atoms with Crippen molar-refractivity contribution in [1.82, 2.24) is 5.32 Å². The number of hydrogen-bond acceptors (Lipinski definition) is 4. The summed E-state index contributed by atoms with van der Waals surface area (Å²) < 4.78 is 11.4. The van der Waals surface area contributed by atoms with E-state index in [1.165, 1.54) is 0 Å². The predicted octanol–water partition coefficient (Wildman–Crippen LogP) is 5.49. The first kappa shape index (κ1) is 21.6. The molecule has 2 rings (SSSR count). The summed E-state index contributed by atoms with van der Waals surface area (Å²) in [6.07, 6.45) is 0.303. The number of carbonyl (C=O) groups excluding carboxylic acids is 1. The zero-order chi connectivity index (χ0) is 21.1. The fourth-order valence-electron chi connectivity index (χ4n) is 3.06. The highest BCUT2D eigenvalue weighted by molar-refractivity contribution is 5.67. The average molecular weight is 386 g/mol. The van der Waals surface area contributed by atoms with Crippen molar-refractivity contribution in [1.29, 1.82) is 0 Å². The van der Waals surface area contributed by atoms with Gasteiger partial charge in [-0.25, -0.2) is 4.79 Å². The maximum Gasteiger partial charge on any atom is 0.407 e. The topological polar surface area (TPSA) is 67.8 Å². The molecule has 28 heavy (non-hydrogen) atoms. The first-order chi connectivity index (χ1) is 13.0. The van der Waals surface area contributed by atoms with E-state index in [1.54, 1.807) is 0 Å². The molecular formula is C23H31NO4. The first-order valence-electron chi connectivity index (χ1n) is 9.51. The van der Waals surface area contributed by atoms with Gasteiger partial charge in [0, 0.05) is 6.54 Å². The van der Waals surface area contributed by atoms with Gasteiger partial charge in [-0.05, 0) is 94.8 Å². The van der Waals surface area contributed by atoms with E-state index in [4.69, 9.17) is 9.47 Å². The van der Waals surface area contributed by atoms with Crippen LogP contribution in [0.4, 0.5) is 4.79 Å². The Balaban J connectivity index is 2.05. The van der Waals surface area contributed by atoms with Gasteiger partial charge in [0.25, 0.3) is 0 Å². The highest BCUT2D eigenvalue weighted by atomic mass is 16.6. The van der Waals surface area contributed by atoms with E-state index >= 15 is 0 Å². The van der Waals surface area contributed by atoms with Gasteiger partial charge < -0.3 is 19.9 Å². The van der Waals surface area contributed by atoms with Crippen LogP contribution in [0.5, 0.6) is 17.2 Å². The second kappa shape index (κ2) is 8.55. The number of alkyl carbamates (subject to hydrolysis) is 1. The number of amides is 1. The van der Waals surface area contributed by atoms with Gasteiger partial charge in [-0.1, -0.05) is 12.1 Å². The van der Waals surface area contributed by atoms with Gasteiger partial charge in [-0.15, -0.1) is 0 Å². The fraction of sp³-hybridized carbons (Fsp3) is 0.435. The third-order valence-electron chi connectivity index (χ3n) is 4.29. The summed E-state index contributed by atoms with van der Waals surface area (Å²) in [5.74, 6) is 1.82. The smallest absolute Gasteiger partial charge is 0.407 e. The van der Waals surface area contributed by atoms with E-state index in [1.807, 2.05) is 60.6 Å². The zero-order valence-corrected chi connectivity index (χ0v) is 17.9. The monoisotopic (exact) mass is 385 g/mol. The van der Waals surface area contributed by atoms with Crippen molar-refractivity contribution in [3.63, 3.8) is 0 Å². The molecular weight excluding hydrogens is 354 g/mol. The van der Waals surface area contributed by atoms with Crippen molar-refractivity contribution in [3.8, 4) is 17.2 Å². The number of aryl methyl sites for hydroxylation is 4. The number of carbonyl (C=O) groups is 1. The van der Waals surface area contributed by atoms with Crippen LogP contribution >= 0.6 is 0 Å². The molecule has 0 atom stereocenters. The Morgan fingerprint density at radius 2 is 1.50 bits per heavy atom. The molecule has 0 radical (unpaired) electrons. The summed E-state index contributed by atoms with van der Waals surface area (Å²) >= 11 is 0. The number of aromatic hydroxyl groups is 1. The Labute approximate surface area is 167 Å². The number of rotatable bonds is 5. The second-order valence-electron chi connectivity index (χ2n) is 8.25. The van der Waals surface area contributed by atoms with Gasteiger partial charge in [0.2, 0.25) is 0 Å². The van der Waals surface area contributed by atoms with Crippen LogP contribution in [0.1, 0.15) is 48.6 Å². The van der Waals surface area contributed by atoms with Crippen molar-refractivity contribution in [2.24, 2.45) is 0 Å². The second-order valence-corrected chi connectivity index (χ2v) is 8.25. The Morgan fingerprint density at radius 1 is 0.964 bits per heavy atom. The molecule has 5 nitrogen and oxygen atoms in total. The Morgan fingerprint density at radius 3 is 2.00 bits per heavy atom. The third kappa shape index (κ3) is 5.91. The molecule has 0 aromatic heterocycles. The highest BCUT2D eigenvalue weighted by Crippen LogP contribution is 2.33. The summed E-state index contributed by atoms with van der Waals surface area (Å²) in [6.45, 7) is 13.8. The van der Waals surface area contributed by atoms with Crippen LogP contribution < -0.4 is 10.1 Å². The van der Waals surface area contributed by atoms with Gasteiger partial charge in [-0.3, -0.25) is 0 Å². The van der Waals surface area contributed by atoms with Crippen LogP contribution in [0.25, 0.3) is 0 Å². The molecule has 0 aliphatic rings. The van der Waals surface area contributed by atoms with Crippen molar-refractivity contribution >= 4 is 6.09 Å². The van der Waals surface area contributed by atoms with Crippen LogP contribution in [0.3, 0.4) is 0 Å². The maximum atomic E-state index is 11.7. The summed E-state index contributed by atoms with van der Waals surface area (Å²) in [6, 6.07) is 7.80. The van der Waals surface area contributed by atoms with Crippen molar-refractivity contribution in [2.45, 2.75) is 60.5 Å². The van der Waals surface area contributed by atoms with Crippen LogP contribution in [-0.2, 0) is 11.2 Å². The van der Waals surface area contributed by atoms with E-state index in [0.717, 1.165) is 33.6 Å². The molecule has 0 spiro atoms. The lowest BCUT2D eigenvalue weighted by molar-refractivity contribution is 0.0528. The zero-order valence-electron chi connectivity index (χ0n) is 17.9. The molecule has 0 aliphatic carbocycles. The minimum atomic E-state index is -0.499. The van der Waals surface area contributed by atoms with E-state index < -0.39 is 11.7 Å². The van der Waals surface area contributed by atoms with Crippen LogP contribution in [-0.4, -0.2) is 23.3 Å². The van der Waals surface area contributed by atoms with E-state index in [2.05, 4.69) is 17.4 Å². The SMILES string of the molecule is Cc1cc(Oc2c(C)cc(CCNC(=O)OC(C)(C)C)cc2C)cc(C)c1O. The molecule has 0 bridgehead atoms. The van der Waals surface area contributed by atoms with Crippen LogP contribution in [0.2, 0.25) is 0 Å². The minimum Gasteiger partial charge on any atom is -0.507 e. The molecule has 2 aromatic carbocycles. The molecule has 0 aliphatic heterocycles. The third-order valence-corrected chi connectivity index (χ3v) is 4.29. The van der Waals surface area contributed by atoms with Gasteiger partial charge in [0.15, 0.2) is 0 Å². The quantitative estimate of drug-likeness (QED) is 0.714. The lowest BCUT2D eigenvalue weighted by Crippen LogP contribution is -2.33. The molecule has 0 heterocycles. The van der Waals surface area contributed by atoms with Crippen molar-refractivity contribution in [2.75, 3.05) is 6.54 Å². The minimum absolute atomic E-state index is 0.300. The Hall–Kier alpha value is -2.69. The molecule has 0 unspecified atom stereocenters. The standard InChI is InChI=1S/C23H31NO4/c1-14-12-19(13-15(2)20(14)25)27-21-16(3)10-18(11-17(21)4)8-9-24-22(26)28-23(5,6)7/h10-13,25H,8-9H2,1-7H3,(H,24,26). The van der Waals surface area contributed by atoms with Gasteiger partial charge in [-0.2, -0.15) is 0 Å². The summed E-state index contributed by atoms with van der Waals surface area (Å²) in [4.78, 5) is 11.7. The lowest BCUT2D eigenvalue weighted by Gasteiger charge is -2.19. The van der Waals surface area contributed by atoms with E-state index in [0.29, 0.717) is 24.5 Å². The van der Waals surface area contributed by atoms with Crippen LogP contribution in [0.15, 0.2) is 24.3 Å². The molecule has 0 saturated heterocycles. The number of hydrogen-bond donors (Lipinski definition) is 2. The molecule has 1 amide bonds. The fourth-order valence-corrected chi connectivity index (χ4v) is 3.06. The summed E-state index contributed by atoms with van der Waals surface area (Å²) in [5.41, 5.74) is 4.24. The highest BCUT2D eigenvalue weighted by Gasteiger charge is 2.16. The van der Waals surface area contributed by atoms with Crippen LogP contribution in [0, 0.1) is 27.7 Å². The van der Waals surface area contributed by atoms with E-state index in [-0.39, 0.29) is 0 Å². The van der Waals surface area contributed by atoms with Crippen molar-refractivity contribution < 1.29 is 19.4 Å². The number of phenolic OH excluding ortho intramolecular Hbond substituents is 1. The van der Waals surface area contributed by atoms with E-state index in [9.17, 15) is 9.90 Å². The van der Waals surface area contributed by atoms with Gasteiger partial charge >= 0.3 is 6.09 Å². The molecule has 152 valence electrons. The Bertz CT molecular complexity index is 819. The number of nitrogens with one attached hydrogen (secondary N) is 1. The largest absolute Gasteiger partial charge is 0.507 e. The predicted molar refractivity (Wildman–Crippen MR) is 112 cm³/mol. The molecule has 2 N–H and O–H groups in total. The summed E-state index contributed by atoms with van der Waals surface area (Å²) in [5, 5.41) is 12.7. The summed E-state index contributed by atoms with van der Waals surface area (Å²) in [7, 11) is 0. The van der Waals surface area contributed by atoms with Gasteiger partial charge in [0.1, 0.15) is 22.8 Å². The lowest BCUT2D eigenvalue weighted by atomic mass is 10.0. The number of benzene rings is 2. The first-order valence-corrected chi connectivity index (χ1v) is 9.51. The maximum absolute atomic E-state index is 11.7. The molecule has 2 aromatic rings. The average Bonchev–Trinajstić information content (AvgIpc) is 2.54. The molecule has 0 fully saturated rings. The number of phenols is 1. The normalized spacial score (nSPS) is 11.2. The molecule has 5 heteroatoms. The van der Waals surface area contributed by atoms with Gasteiger partial charge in [0.05, 0.1) is 0 Å². The molecule has 0 saturated carbocycles.